The number of aliphatic hydroxyl groups is 1. The van der Waals surface area contributed by atoms with Crippen LogP contribution in [0, 0.1) is 5.82 Å². The molecule has 0 saturated heterocycles. The molecule has 2 aromatic carbocycles. The van der Waals surface area contributed by atoms with E-state index in [4.69, 9.17) is 4.98 Å². The average molecular weight is 555 g/mol. The van der Waals surface area contributed by atoms with E-state index >= 15 is 0 Å². The van der Waals surface area contributed by atoms with Gasteiger partial charge in [0.2, 0.25) is 0 Å². The Morgan fingerprint density at radius 1 is 1.08 bits per heavy atom. The van der Waals surface area contributed by atoms with Crippen molar-refractivity contribution in [2.24, 2.45) is 0 Å². The van der Waals surface area contributed by atoms with E-state index in [2.05, 4.69) is 0 Å². The molecule has 0 radical (unpaired) electrons. The van der Waals surface area contributed by atoms with Gasteiger partial charge in [0.15, 0.2) is 0 Å². The number of carbonyl (C=O) groups excluding carboxylic acids is 1. The number of aromatic nitrogens is 1. The fourth-order valence-electron chi connectivity index (χ4n) is 4.19. The van der Waals surface area contributed by atoms with Crippen LogP contribution in [0.3, 0.4) is 0 Å². The van der Waals surface area contributed by atoms with Crippen molar-refractivity contribution in [2.75, 3.05) is 6.16 Å². The first-order chi connectivity index (χ1) is 17.0. The molecule has 0 aliphatic rings. The van der Waals surface area contributed by atoms with E-state index in [0.29, 0.717) is 23.2 Å². The third-order valence-electron chi connectivity index (χ3n) is 5.78. The Bertz CT molecular complexity index is 1300. The summed E-state index contributed by atoms with van der Waals surface area (Å²) in [6.45, 7) is 5.89. The third-order valence-corrected chi connectivity index (χ3v) is 7.32. The van der Waals surface area contributed by atoms with E-state index in [9.17, 15) is 28.9 Å². The second kappa shape index (κ2) is 15.6. The summed E-state index contributed by atoms with van der Waals surface area (Å²) in [5.41, 5.74) is 5.28. The maximum Gasteiger partial charge on any atom is 1.00 e. The standard InChI is InChI=1S/C28H31FNO5P.2Na/c1-4-23-26(19-10-12-21(29)13-11-19)24(14-15-36(34,35)17-22(31)16-25(32)33)27(18(2)3)30-28(23)20-8-6-5-7-9-20;;/h5-15,18,22,31H,4,16-17H2,1-3H3,(H,32,33)(H,34,35);;/q;2*+1/p-2/b15-14+;;/t22-;;/m1../s1. The fourth-order valence-corrected chi connectivity index (χ4v) is 5.41. The van der Waals surface area contributed by atoms with Crippen LogP contribution in [0.1, 0.15) is 49.9 Å². The van der Waals surface area contributed by atoms with Crippen molar-refractivity contribution in [2.45, 2.75) is 45.6 Å². The summed E-state index contributed by atoms with van der Waals surface area (Å²) in [5.74, 6) is -0.989. The van der Waals surface area contributed by atoms with Crippen LogP contribution in [0.15, 0.2) is 60.4 Å². The first-order valence-corrected chi connectivity index (χ1v) is 13.6. The molecule has 0 fully saturated rings. The van der Waals surface area contributed by atoms with Gasteiger partial charge in [0.25, 0.3) is 0 Å². The molecule has 1 N–H and O–H groups in total. The Labute approximate surface area is 267 Å². The van der Waals surface area contributed by atoms with Crippen molar-refractivity contribution in [3.8, 4) is 22.4 Å². The molecule has 190 valence electrons. The van der Waals surface area contributed by atoms with Gasteiger partial charge in [-0.3, -0.25) is 4.98 Å². The molecule has 1 aromatic heterocycles. The quantitative estimate of drug-likeness (QED) is 0.237. The zero-order valence-corrected chi connectivity index (χ0v) is 27.4. The number of rotatable bonds is 10. The van der Waals surface area contributed by atoms with Crippen molar-refractivity contribution in [3.05, 3.63) is 83.1 Å². The number of carboxylic acids is 1. The second-order valence-corrected chi connectivity index (χ2v) is 11.1. The van der Waals surface area contributed by atoms with Gasteiger partial charge >= 0.3 is 59.1 Å². The average Bonchev–Trinajstić information content (AvgIpc) is 2.81. The Morgan fingerprint density at radius 2 is 1.68 bits per heavy atom. The predicted molar refractivity (Wildman–Crippen MR) is 136 cm³/mol. The third kappa shape index (κ3) is 9.22. The number of aliphatic hydroxyl groups excluding tert-OH is 1. The summed E-state index contributed by atoms with van der Waals surface area (Å²) in [7, 11) is -4.29. The number of hydrogen-bond donors (Lipinski definition) is 1. The van der Waals surface area contributed by atoms with Crippen LogP contribution in [0.4, 0.5) is 4.39 Å². The molecule has 0 aliphatic carbocycles. The summed E-state index contributed by atoms with van der Waals surface area (Å²) in [6.07, 6.45) is -1.03. The van der Waals surface area contributed by atoms with Crippen LogP contribution >= 0.6 is 7.37 Å². The molecule has 10 heteroatoms. The van der Waals surface area contributed by atoms with Crippen molar-refractivity contribution in [3.63, 3.8) is 0 Å². The molecule has 1 unspecified atom stereocenters. The van der Waals surface area contributed by atoms with Crippen LogP contribution in [0.25, 0.3) is 28.5 Å². The molecule has 6 nitrogen and oxygen atoms in total. The van der Waals surface area contributed by atoms with E-state index in [1.165, 1.54) is 18.2 Å². The van der Waals surface area contributed by atoms with Gasteiger partial charge in [-0.25, -0.2) is 4.39 Å². The minimum Gasteiger partial charge on any atom is -0.796 e. The summed E-state index contributed by atoms with van der Waals surface area (Å²) >= 11 is 0. The Balaban J connectivity index is 0.00000361. The zero-order chi connectivity index (χ0) is 26.5. The summed E-state index contributed by atoms with van der Waals surface area (Å²) in [5, 5.41) is 20.5. The molecule has 0 spiro atoms. The predicted octanol–water partition coefficient (Wildman–Crippen LogP) is -1.64. The first-order valence-electron chi connectivity index (χ1n) is 11.8. The van der Waals surface area contributed by atoms with Crippen molar-refractivity contribution >= 4 is 19.4 Å². The monoisotopic (exact) mass is 555 g/mol. The number of carbonyl (C=O) groups is 1. The summed E-state index contributed by atoms with van der Waals surface area (Å²) in [6, 6.07) is 15.7. The second-order valence-electron chi connectivity index (χ2n) is 8.95. The minimum absolute atomic E-state index is 0. The summed E-state index contributed by atoms with van der Waals surface area (Å²) < 4.78 is 26.5. The topological polar surface area (TPSA) is 113 Å². The summed E-state index contributed by atoms with van der Waals surface area (Å²) in [4.78, 5) is 28.4. The van der Waals surface area contributed by atoms with E-state index in [-0.39, 0.29) is 70.8 Å². The molecule has 0 saturated carbocycles. The van der Waals surface area contributed by atoms with Gasteiger partial charge in [0, 0.05) is 37.0 Å². The van der Waals surface area contributed by atoms with Gasteiger partial charge in [-0.15, -0.1) is 0 Å². The van der Waals surface area contributed by atoms with Crippen molar-refractivity contribution in [1.82, 2.24) is 4.98 Å². The number of halogens is 1. The molecule has 1 heterocycles. The number of hydrogen-bond acceptors (Lipinski definition) is 6. The number of nitrogens with zero attached hydrogens (tertiary/aromatic N) is 1. The van der Waals surface area contributed by atoms with Gasteiger partial charge in [-0.2, -0.15) is 0 Å². The maximum atomic E-state index is 13.8. The number of aliphatic carboxylic acids is 1. The van der Waals surface area contributed by atoms with E-state index in [1.807, 2.05) is 51.1 Å². The largest absolute Gasteiger partial charge is 1.00 e. The van der Waals surface area contributed by atoms with Crippen LogP contribution in [-0.4, -0.2) is 28.3 Å². The van der Waals surface area contributed by atoms with E-state index in [1.54, 1.807) is 12.1 Å². The molecule has 2 atom stereocenters. The Kier molecular flexibility index (Phi) is 14.3. The molecular formula is C28H29FNNa2O5P. The molecular weight excluding hydrogens is 526 g/mol. The molecule has 0 amide bonds. The molecule has 38 heavy (non-hydrogen) atoms. The van der Waals surface area contributed by atoms with Crippen LogP contribution in [-0.2, 0) is 15.8 Å². The van der Waals surface area contributed by atoms with Gasteiger partial charge < -0.3 is 24.5 Å². The zero-order valence-electron chi connectivity index (χ0n) is 22.5. The Hall–Kier alpha value is -1.12. The number of pyridine rings is 1. The van der Waals surface area contributed by atoms with Crippen LogP contribution < -0.4 is 69.1 Å². The fraction of sp³-hybridized carbons (Fsp3) is 0.286. The van der Waals surface area contributed by atoms with E-state index in [0.717, 1.165) is 28.2 Å². The van der Waals surface area contributed by atoms with Gasteiger partial charge in [-0.05, 0) is 47.0 Å². The SMILES string of the molecule is CCc1c(-c2ccccc2)nc(C(C)C)c(/C=C/P(=O)([O-])C[C@H](O)CC(=O)[O-])c1-c1ccc(F)cc1.[Na+].[Na+]. The normalized spacial score (nSPS) is 13.4. The van der Waals surface area contributed by atoms with Crippen molar-refractivity contribution in [1.29, 1.82) is 0 Å². The molecule has 3 aromatic rings. The molecule has 0 bridgehead atoms. The van der Waals surface area contributed by atoms with Crippen LogP contribution in [0.5, 0.6) is 0 Å². The number of carboxylic acid groups (broad SMARTS) is 1. The smallest absolute Gasteiger partial charge is 0.796 e. The van der Waals surface area contributed by atoms with E-state index < -0.39 is 32.0 Å². The maximum absolute atomic E-state index is 13.8. The Morgan fingerprint density at radius 3 is 2.21 bits per heavy atom. The van der Waals surface area contributed by atoms with Gasteiger partial charge in [0.05, 0.1) is 17.5 Å². The first kappa shape index (κ1) is 34.9. The minimum atomic E-state index is -4.29. The van der Waals surface area contributed by atoms with Crippen LogP contribution in [0.2, 0.25) is 0 Å². The van der Waals surface area contributed by atoms with Gasteiger partial charge in [0.1, 0.15) is 5.82 Å². The number of benzene rings is 2. The van der Waals surface area contributed by atoms with Crippen molar-refractivity contribution < 1.29 is 88.0 Å². The molecule has 0 aliphatic heterocycles. The molecule has 3 rings (SSSR count). The van der Waals surface area contributed by atoms with Gasteiger partial charge in [-0.1, -0.05) is 69.3 Å².